The number of nitrogens with zero attached hydrogens (tertiary/aromatic N) is 5. The Labute approximate surface area is 278 Å². The lowest BCUT2D eigenvalue weighted by Crippen LogP contribution is -2.52. The van der Waals surface area contributed by atoms with Crippen molar-refractivity contribution in [1.82, 2.24) is 18.9 Å². The second-order valence-corrected chi connectivity index (χ2v) is 12.3. The van der Waals surface area contributed by atoms with Gasteiger partial charge in [-0.1, -0.05) is 42.5 Å². The highest BCUT2D eigenvalue weighted by atomic mass is 19.1. The molecule has 48 heavy (non-hydrogen) atoms. The number of carbonyl (C=O) groups is 2. The van der Waals surface area contributed by atoms with E-state index in [4.69, 9.17) is 9.73 Å². The van der Waals surface area contributed by atoms with Gasteiger partial charge in [0.25, 0.3) is 11.5 Å². The number of rotatable bonds is 7. The average Bonchev–Trinajstić information content (AvgIpc) is 3.46. The molecule has 1 unspecified atom stereocenters. The molecule has 5 rings (SSSR count). The molecule has 1 aromatic heterocycles. The number of hydrogen-bond donors (Lipinski definition) is 1. The van der Waals surface area contributed by atoms with Crippen LogP contribution in [-0.4, -0.2) is 76.0 Å². The Morgan fingerprint density at radius 2 is 1.67 bits per heavy atom. The molecule has 3 aromatic rings. The second-order valence-electron chi connectivity index (χ2n) is 12.3. The van der Waals surface area contributed by atoms with Gasteiger partial charge in [-0.25, -0.2) is 14.2 Å². The van der Waals surface area contributed by atoms with E-state index in [1.54, 1.807) is 38.3 Å². The van der Waals surface area contributed by atoms with E-state index in [1.807, 2.05) is 17.9 Å². The van der Waals surface area contributed by atoms with Crippen LogP contribution in [-0.2, 0) is 23.6 Å². The van der Waals surface area contributed by atoms with Crippen LogP contribution in [0.1, 0.15) is 48.2 Å². The van der Waals surface area contributed by atoms with Crippen LogP contribution >= 0.6 is 0 Å². The quantitative estimate of drug-likeness (QED) is 0.302. The van der Waals surface area contributed by atoms with Crippen molar-refractivity contribution in [1.29, 1.82) is 0 Å². The molecule has 1 atom stereocenters. The number of piperazine rings is 1. The Hall–Kier alpha value is -5.10. The van der Waals surface area contributed by atoms with Gasteiger partial charge in [0.2, 0.25) is 11.8 Å². The van der Waals surface area contributed by atoms with Crippen LogP contribution < -0.4 is 16.6 Å². The molecule has 0 spiro atoms. The Kier molecular flexibility index (Phi) is 9.95. The molecule has 12 heteroatoms. The zero-order valence-electron chi connectivity index (χ0n) is 28.2. The maximum Gasteiger partial charge on any atom is 0.330 e. The van der Waals surface area contributed by atoms with E-state index in [1.165, 1.54) is 25.7 Å². The predicted molar refractivity (Wildman–Crippen MR) is 184 cm³/mol. The monoisotopic (exact) mass is 656 g/mol. The summed E-state index contributed by atoms with van der Waals surface area (Å²) in [6.45, 7) is 12.7. The molecule has 11 nitrogen and oxygen atoms in total. The van der Waals surface area contributed by atoms with Gasteiger partial charge in [-0.2, -0.15) is 0 Å². The minimum Gasteiger partial charge on any atom is -0.481 e. The molecule has 1 N–H and O–H groups in total. The number of methoxy groups -OCH3 is 1. The van der Waals surface area contributed by atoms with Crippen LogP contribution in [0.2, 0.25) is 0 Å². The first-order valence-electron chi connectivity index (χ1n) is 15.8. The van der Waals surface area contributed by atoms with Crippen molar-refractivity contribution in [3.8, 4) is 11.1 Å². The molecule has 252 valence electrons. The zero-order chi connectivity index (χ0) is 34.9. The topological polar surface area (TPSA) is 118 Å². The Morgan fingerprint density at radius 3 is 2.33 bits per heavy atom. The summed E-state index contributed by atoms with van der Waals surface area (Å²) >= 11 is 0. The first-order valence-corrected chi connectivity index (χ1v) is 15.8. The number of hydrogen-bond acceptors (Lipinski definition) is 7. The highest BCUT2D eigenvalue weighted by Crippen LogP contribution is 2.36. The number of ether oxygens (including phenoxy) is 1. The molecular formula is C36H41FN6O5. The van der Waals surface area contributed by atoms with Crippen molar-refractivity contribution in [2.24, 2.45) is 19.1 Å². The number of anilines is 1. The van der Waals surface area contributed by atoms with Crippen LogP contribution in [0, 0.1) is 12.7 Å². The van der Waals surface area contributed by atoms with Crippen LogP contribution in [0.4, 0.5) is 10.1 Å². The molecule has 1 fully saturated rings. The number of aromatic nitrogens is 2. The normalized spacial score (nSPS) is 17.1. The van der Waals surface area contributed by atoms with Crippen molar-refractivity contribution in [2.75, 3.05) is 38.6 Å². The molecule has 1 aliphatic heterocycles. The van der Waals surface area contributed by atoms with Crippen molar-refractivity contribution in [3.63, 3.8) is 0 Å². The number of benzene rings is 2. The summed E-state index contributed by atoms with van der Waals surface area (Å²) in [5.74, 6) is -0.943. The SMILES string of the molecule is C=C(/N=C(/OC)C1=C(C)CCC1N1CCN(C(C)=O)CC1)c1cccc(-c2cccc(NC(=O)c3cn(C)c(=O)n(C)c3=O)c2F)c1C. The van der Waals surface area contributed by atoms with Crippen LogP contribution in [0.25, 0.3) is 16.8 Å². The third-order valence-electron chi connectivity index (χ3n) is 9.32. The first kappa shape index (κ1) is 34.2. The van der Waals surface area contributed by atoms with E-state index >= 15 is 4.39 Å². The summed E-state index contributed by atoms with van der Waals surface area (Å²) < 4.78 is 23.8. The smallest absolute Gasteiger partial charge is 0.330 e. The largest absolute Gasteiger partial charge is 0.481 e. The lowest BCUT2D eigenvalue weighted by Gasteiger charge is -2.38. The van der Waals surface area contributed by atoms with E-state index < -0.39 is 23.0 Å². The summed E-state index contributed by atoms with van der Waals surface area (Å²) in [7, 11) is 4.29. The minimum atomic E-state index is -0.835. The number of amides is 2. The van der Waals surface area contributed by atoms with Crippen molar-refractivity contribution in [2.45, 2.75) is 39.7 Å². The molecule has 2 aromatic carbocycles. The molecule has 2 heterocycles. The fraction of sp³-hybridized carbons (Fsp3) is 0.361. The van der Waals surface area contributed by atoms with E-state index in [9.17, 15) is 19.2 Å². The number of aliphatic imine (C=N–C) groups is 1. The summed E-state index contributed by atoms with van der Waals surface area (Å²) in [6, 6.07) is 10.2. The zero-order valence-corrected chi connectivity index (χ0v) is 28.2. The van der Waals surface area contributed by atoms with E-state index in [0.29, 0.717) is 35.8 Å². The van der Waals surface area contributed by atoms with Crippen LogP contribution in [0.15, 0.2) is 74.9 Å². The van der Waals surface area contributed by atoms with Gasteiger partial charge >= 0.3 is 5.69 Å². The number of carbonyl (C=O) groups excluding carboxylic acids is 2. The highest BCUT2D eigenvalue weighted by molar-refractivity contribution is 6.04. The summed E-state index contributed by atoms with van der Waals surface area (Å²) in [4.78, 5) is 58.6. The minimum absolute atomic E-state index is 0.0887. The van der Waals surface area contributed by atoms with Gasteiger partial charge in [-0.05, 0) is 43.9 Å². The molecule has 2 aliphatic rings. The van der Waals surface area contributed by atoms with E-state index in [0.717, 1.165) is 52.4 Å². The fourth-order valence-electron chi connectivity index (χ4n) is 6.58. The highest BCUT2D eigenvalue weighted by Gasteiger charge is 2.34. The maximum atomic E-state index is 16.0. The molecule has 1 saturated heterocycles. The molecule has 0 radical (unpaired) electrons. The van der Waals surface area contributed by atoms with Gasteiger partial charge in [0, 0.05) is 76.1 Å². The summed E-state index contributed by atoms with van der Waals surface area (Å²) in [6.07, 6.45) is 2.99. The third kappa shape index (κ3) is 6.52. The Balaban J connectivity index is 1.42. The van der Waals surface area contributed by atoms with Gasteiger partial charge in [-0.3, -0.25) is 23.9 Å². The number of nitrogens with one attached hydrogen (secondary N) is 1. The van der Waals surface area contributed by atoms with Crippen molar-refractivity contribution < 1.29 is 18.7 Å². The Bertz CT molecular complexity index is 1980. The van der Waals surface area contributed by atoms with Crippen LogP contribution in [0.5, 0.6) is 0 Å². The molecule has 0 bridgehead atoms. The van der Waals surface area contributed by atoms with Crippen molar-refractivity contribution >= 4 is 29.1 Å². The third-order valence-corrected chi connectivity index (χ3v) is 9.32. The lowest BCUT2D eigenvalue weighted by atomic mass is 9.94. The van der Waals surface area contributed by atoms with Crippen molar-refractivity contribution in [3.05, 3.63) is 104 Å². The predicted octanol–water partition coefficient (Wildman–Crippen LogP) is 4.11. The summed E-state index contributed by atoms with van der Waals surface area (Å²) in [5, 5.41) is 2.49. The van der Waals surface area contributed by atoms with E-state index in [-0.39, 0.29) is 28.8 Å². The van der Waals surface area contributed by atoms with Gasteiger partial charge in [0.05, 0.1) is 18.5 Å². The van der Waals surface area contributed by atoms with E-state index in [2.05, 4.69) is 23.7 Å². The Morgan fingerprint density at radius 1 is 1.00 bits per heavy atom. The number of aryl methyl sites for hydroxylation is 1. The number of allylic oxidation sites excluding steroid dienone is 1. The number of halogens is 1. The maximum absolute atomic E-state index is 16.0. The van der Waals surface area contributed by atoms with Gasteiger partial charge < -0.3 is 19.5 Å². The summed E-state index contributed by atoms with van der Waals surface area (Å²) in [5.41, 5.74) is 3.16. The van der Waals surface area contributed by atoms with Gasteiger partial charge in [0.15, 0.2) is 5.82 Å². The molecular weight excluding hydrogens is 615 g/mol. The fourth-order valence-corrected chi connectivity index (χ4v) is 6.58. The second kappa shape index (κ2) is 13.9. The standard InChI is InChI=1S/C36H41FN6O5/c1-21-14-15-30(43-18-16-42(17-19-43)24(4)44)31(21)34(48-7)38-23(3)25-10-8-11-26(22(25)2)27-12-9-13-29(32(27)37)39-33(45)28-20-40(5)36(47)41(6)35(28)46/h8-13,20,30H,3,14-19H2,1-2,4-7H3,(H,39,45)/b38-34+. The lowest BCUT2D eigenvalue weighted by molar-refractivity contribution is -0.130. The van der Waals surface area contributed by atoms with Gasteiger partial charge in [0.1, 0.15) is 5.56 Å². The van der Waals surface area contributed by atoms with Gasteiger partial charge in [-0.15, -0.1) is 0 Å². The first-order chi connectivity index (χ1) is 22.8. The average molecular weight is 657 g/mol. The van der Waals surface area contributed by atoms with Crippen LogP contribution in [0.3, 0.4) is 0 Å². The molecule has 1 aliphatic carbocycles. The molecule has 2 amide bonds. The molecule has 0 saturated carbocycles.